The molecule has 118 valence electrons. The molecule has 0 aliphatic carbocycles. The molecule has 4 rings (SSSR count). The van der Waals surface area contributed by atoms with Crippen LogP contribution >= 0.6 is 0 Å². The van der Waals surface area contributed by atoms with Crippen LogP contribution in [0.4, 0.5) is 24.5 Å². The zero-order chi connectivity index (χ0) is 16.9. The summed E-state index contributed by atoms with van der Waals surface area (Å²) in [6.07, 6.45) is -3.99. The molecule has 0 spiro atoms. The minimum atomic E-state index is -4.39. The van der Waals surface area contributed by atoms with Crippen LogP contribution in [0.3, 0.4) is 0 Å². The van der Waals surface area contributed by atoms with Gasteiger partial charge in [-0.1, -0.05) is 18.2 Å². The summed E-state index contributed by atoms with van der Waals surface area (Å²) in [5.74, 6) is 0. The summed E-state index contributed by atoms with van der Waals surface area (Å²) < 4.78 is 38.4. The Labute approximate surface area is 135 Å². The Morgan fingerprint density at radius 2 is 1.62 bits per heavy atom. The van der Waals surface area contributed by atoms with Gasteiger partial charge in [-0.2, -0.15) is 18.4 Å². The summed E-state index contributed by atoms with van der Waals surface area (Å²) in [4.78, 5) is 8.24. The SMILES string of the molecule is N#Cc1ccc2c(c1)N=C(c1ccc3c(c1)N=C(C(F)(F)F)C3)C2. The second kappa shape index (κ2) is 5.03. The van der Waals surface area contributed by atoms with Gasteiger partial charge in [0, 0.05) is 12.8 Å². The van der Waals surface area contributed by atoms with E-state index in [4.69, 9.17) is 5.26 Å². The highest BCUT2D eigenvalue weighted by Crippen LogP contribution is 2.35. The Morgan fingerprint density at radius 3 is 2.38 bits per heavy atom. The molecule has 2 aliphatic heterocycles. The van der Waals surface area contributed by atoms with E-state index in [9.17, 15) is 13.2 Å². The van der Waals surface area contributed by atoms with Crippen LogP contribution in [0.5, 0.6) is 0 Å². The smallest absolute Gasteiger partial charge is 0.252 e. The van der Waals surface area contributed by atoms with E-state index in [1.165, 1.54) is 0 Å². The lowest BCUT2D eigenvalue weighted by atomic mass is 10.0. The molecular weight excluding hydrogens is 315 g/mol. The zero-order valence-corrected chi connectivity index (χ0v) is 12.4. The number of hydrogen-bond acceptors (Lipinski definition) is 3. The highest BCUT2D eigenvalue weighted by atomic mass is 19.4. The monoisotopic (exact) mass is 325 g/mol. The Kier molecular flexibility index (Phi) is 3.07. The summed E-state index contributed by atoms with van der Waals surface area (Å²) >= 11 is 0. The number of nitriles is 1. The van der Waals surface area contributed by atoms with E-state index >= 15 is 0 Å². The fourth-order valence-electron chi connectivity index (χ4n) is 2.94. The molecule has 2 aliphatic rings. The minimum absolute atomic E-state index is 0.183. The second-order valence-electron chi connectivity index (χ2n) is 5.77. The fraction of sp³-hybridized carbons (Fsp3) is 0.167. The van der Waals surface area contributed by atoms with Gasteiger partial charge in [0.25, 0.3) is 0 Å². The first-order valence-electron chi connectivity index (χ1n) is 7.33. The van der Waals surface area contributed by atoms with Gasteiger partial charge in [0.1, 0.15) is 5.71 Å². The van der Waals surface area contributed by atoms with Gasteiger partial charge < -0.3 is 0 Å². The third-order valence-electron chi connectivity index (χ3n) is 4.19. The molecule has 24 heavy (non-hydrogen) atoms. The largest absolute Gasteiger partial charge is 0.429 e. The Bertz CT molecular complexity index is 962. The average molecular weight is 325 g/mol. The normalized spacial score (nSPS) is 15.4. The zero-order valence-electron chi connectivity index (χ0n) is 12.4. The van der Waals surface area contributed by atoms with E-state index in [0.717, 1.165) is 22.5 Å². The van der Waals surface area contributed by atoms with Crippen LogP contribution in [0.1, 0.15) is 22.3 Å². The van der Waals surface area contributed by atoms with Gasteiger partial charge in [-0.25, -0.2) is 4.99 Å². The molecule has 0 atom stereocenters. The van der Waals surface area contributed by atoms with Gasteiger partial charge in [0.15, 0.2) is 0 Å². The number of rotatable bonds is 1. The number of nitrogens with zero attached hydrogens (tertiary/aromatic N) is 3. The number of aliphatic imine (C=N–C) groups is 2. The summed E-state index contributed by atoms with van der Waals surface area (Å²) in [7, 11) is 0. The topological polar surface area (TPSA) is 48.5 Å². The lowest BCUT2D eigenvalue weighted by molar-refractivity contribution is -0.0597. The van der Waals surface area contributed by atoms with E-state index in [0.29, 0.717) is 23.2 Å². The van der Waals surface area contributed by atoms with E-state index in [1.54, 1.807) is 30.3 Å². The van der Waals surface area contributed by atoms with Crippen molar-refractivity contribution >= 4 is 22.8 Å². The molecule has 2 aromatic rings. The quantitative estimate of drug-likeness (QED) is 0.765. The van der Waals surface area contributed by atoms with Crippen molar-refractivity contribution in [2.45, 2.75) is 19.0 Å². The summed E-state index contributed by atoms with van der Waals surface area (Å²) in [5.41, 5.74) is 3.99. The van der Waals surface area contributed by atoms with E-state index in [-0.39, 0.29) is 6.42 Å². The van der Waals surface area contributed by atoms with Gasteiger partial charge in [0.2, 0.25) is 0 Å². The molecule has 0 bridgehead atoms. The second-order valence-corrected chi connectivity index (χ2v) is 5.77. The maximum Gasteiger partial charge on any atom is 0.429 e. The van der Waals surface area contributed by atoms with Gasteiger partial charge in [-0.15, -0.1) is 0 Å². The maximum absolute atomic E-state index is 12.8. The lowest BCUT2D eigenvalue weighted by Crippen LogP contribution is -2.22. The molecule has 0 N–H and O–H groups in total. The number of hydrogen-bond donors (Lipinski definition) is 0. The molecule has 0 amide bonds. The van der Waals surface area contributed by atoms with E-state index in [2.05, 4.69) is 16.1 Å². The standard InChI is InChI=1S/C18H10F3N3/c19-18(20,21)17-8-13-4-3-12(7-16(13)24-17)15-6-11-2-1-10(9-22)5-14(11)23-15/h1-5,7H,6,8H2. The number of halogens is 3. The van der Waals surface area contributed by atoms with Crippen LogP contribution in [0.25, 0.3) is 0 Å². The molecule has 3 nitrogen and oxygen atoms in total. The van der Waals surface area contributed by atoms with Crippen molar-refractivity contribution in [3.8, 4) is 6.07 Å². The summed E-state index contributed by atoms with van der Waals surface area (Å²) in [5, 5.41) is 8.94. The molecule has 6 heteroatoms. The first-order chi connectivity index (χ1) is 11.4. The first-order valence-corrected chi connectivity index (χ1v) is 7.33. The average Bonchev–Trinajstić information content (AvgIpc) is 3.16. The molecular formula is C18H10F3N3. The fourth-order valence-corrected chi connectivity index (χ4v) is 2.94. The summed E-state index contributed by atoms with van der Waals surface area (Å²) in [6.45, 7) is 0. The molecule has 0 saturated heterocycles. The molecule has 0 aromatic heterocycles. The first kappa shape index (κ1) is 14.6. The minimum Gasteiger partial charge on any atom is -0.252 e. The predicted octanol–water partition coefficient (Wildman–Crippen LogP) is 4.43. The highest BCUT2D eigenvalue weighted by molar-refractivity contribution is 6.08. The van der Waals surface area contributed by atoms with Crippen molar-refractivity contribution in [1.29, 1.82) is 5.26 Å². The molecule has 2 aromatic carbocycles. The van der Waals surface area contributed by atoms with Gasteiger partial charge in [0.05, 0.1) is 28.7 Å². The highest BCUT2D eigenvalue weighted by Gasteiger charge is 2.38. The molecule has 0 unspecified atom stereocenters. The Balaban J connectivity index is 1.68. The van der Waals surface area contributed by atoms with E-state index < -0.39 is 11.9 Å². The number of benzene rings is 2. The third-order valence-corrected chi connectivity index (χ3v) is 4.19. The number of fused-ring (bicyclic) bond motifs is 2. The van der Waals surface area contributed by atoms with Crippen LogP contribution < -0.4 is 0 Å². The van der Waals surface area contributed by atoms with Gasteiger partial charge in [-0.05, 0) is 34.9 Å². The lowest BCUT2D eigenvalue weighted by Gasteiger charge is -2.04. The molecule has 2 heterocycles. The van der Waals surface area contributed by atoms with Gasteiger partial charge >= 0.3 is 6.18 Å². The third kappa shape index (κ3) is 2.38. The number of alkyl halides is 3. The van der Waals surface area contributed by atoms with Crippen LogP contribution in [-0.2, 0) is 12.8 Å². The Morgan fingerprint density at radius 1 is 0.917 bits per heavy atom. The van der Waals surface area contributed by atoms with Crippen molar-refractivity contribution in [2.24, 2.45) is 9.98 Å². The van der Waals surface area contributed by atoms with Crippen LogP contribution in [0, 0.1) is 11.3 Å². The van der Waals surface area contributed by atoms with Crippen LogP contribution in [0.2, 0.25) is 0 Å². The van der Waals surface area contributed by atoms with Crippen molar-refractivity contribution in [3.63, 3.8) is 0 Å². The van der Waals surface area contributed by atoms with E-state index in [1.807, 2.05) is 6.07 Å². The van der Waals surface area contributed by atoms with Crippen molar-refractivity contribution in [3.05, 3.63) is 58.7 Å². The van der Waals surface area contributed by atoms with Crippen molar-refractivity contribution in [1.82, 2.24) is 0 Å². The molecule has 0 saturated carbocycles. The predicted molar refractivity (Wildman–Crippen MR) is 84.4 cm³/mol. The van der Waals surface area contributed by atoms with Crippen LogP contribution in [-0.4, -0.2) is 17.6 Å². The Hall–Kier alpha value is -2.94. The maximum atomic E-state index is 12.8. The van der Waals surface area contributed by atoms with Crippen molar-refractivity contribution in [2.75, 3.05) is 0 Å². The molecule has 0 fully saturated rings. The van der Waals surface area contributed by atoms with Crippen LogP contribution in [0.15, 0.2) is 46.4 Å². The molecule has 0 radical (unpaired) electrons. The summed E-state index contributed by atoms with van der Waals surface area (Å²) in [6, 6.07) is 12.5. The van der Waals surface area contributed by atoms with Crippen molar-refractivity contribution < 1.29 is 13.2 Å². The van der Waals surface area contributed by atoms with Gasteiger partial charge in [-0.3, -0.25) is 4.99 Å².